The Bertz CT molecular complexity index is 447. The predicted molar refractivity (Wildman–Crippen MR) is 91.0 cm³/mol. The number of aromatic nitrogens is 1. The number of rotatable bonds is 5. The molecule has 2 N–H and O–H groups in total. The average molecular weight is 308 g/mol. The third kappa shape index (κ3) is 5.65. The molecule has 118 valence electrons. The van der Waals surface area contributed by atoms with Crippen LogP contribution in [-0.2, 0) is 6.42 Å². The monoisotopic (exact) mass is 308 g/mol. The van der Waals surface area contributed by atoms with Crippen molar-refractivity contribution in [1.82, 2.24) is 15.6 Å². The molecule has 2 rings (SSSR count). The number of hydrogen-bond donors (Lipinski definition) is 2. The normalized spacial score (nSPS) is 23.1. The molecule has 1 aromatic heterocycles. The smallest absolute Gasteiger partial charge is 0.190 e. The van der Waals surface area contributed by atoms with Crippen molar-refractivity contribution in [2.75, 3.05) is 20.1 Å². The summed E-state index contributed by atoms with van der Waals surface area (Å²) >= 11 is 1.71. The highest BCUT2D eigenvalue weighted by Gasteiger charge is 2.18. The van der Waals surface area contributed by atoms with E-state index in [4.69, 9.17) is 0 Å². The Kier molecular flexibility index (Phi) is 6.49. The number of aliphatic imine (C=N–C) groups is 1. The highest BCUT2D eigenvalue weighted by atomic mass is 32.1. The van der Waals surface area contributed by atoms with E-state index in [1.165, 1.54) is 31.4 Å². The largest absolute Gasteiger partial charge is 0.356 e. The summed E-state index contributed by atoms with van der Waals surface area (Å²) in [5, 5.41) is 10.1. The minimum absolute atomic E-state index is 0.806. The second kappa shape index (κ2) is 8.37. The van der Waals surface area contributed by atoms with Gasteiger partial charge in [-0.2, -0.15) is 0 Å². The lowest BCUT2D eigenvalue weighted by atomic mass is 9.83. The Hall–Kier alpha value is -1.10. The number of guanidine groups is 1. The summed E-state index contributed by atoms with van der Waals surface area (Å²) in [4.78, 5) is 8.78. The van der Waals surface area contributed by atoms with Gasteiger partial charge >= 0.3 is 0 Å². The second-order valence-electron chi connectivity index (χ2n) is 6.11. The first-order valence-corrected chi connectivity index (χ1v) is 8.91. The first kappa shape index (κ1) is 16.3. The van der Waals surface area contributed by atoms with Gasteiger partial charge in [0.15, 0.2) is 5.96 Å². The molecule has 1 heterocycles. The van der Waals surface area contributed by atoms with Gasteiger partial charge in [-0.1, -0.05) is 19.8 Å². The Balaban J connectivity index is 1.64. The number of aryl methyl sites for hydroxylation is 1. The summed E-state index contributed by atoms with van der Waals surface area (Å²) < 4.78 is 0. The van der Waals surface area contributed by atoms with Crippen LogP contribution in [0.15, 0.2) is 10.4 Å². The van der Waals surface area contributed by atoms with Gasteiger partial charge in [0, 0.05) is 31.9 Å². The van der Waals surface area contributed by atoms with Crippen LogP contribution < -0.4 is 10.6 Å². The highest BCUT2D eigenvalue weighted by molar-refractivity contribution is 7.09. The third-order valence-electron chi connectivity index (χ3n) is 4.26. The fourth-order valence-corrected chi connectivity index (χ4v) is 3.47. The van der Waals surface area contributed by atoms with E-state index in [0.29, 0.717) is 0 Å². The van der Waals surface area contributed by atoms with Crippen molar-refractivity contribution in [1.29, 1.82) is 0 Å². The average Bonchev–Trinajstić information content (AvgIpc) is 2.90. The van der Waals surface area contributed by atoms with Crippen LogP contribution in [0.3, 0.4) is 0 Å². The molecule has 1 aliphatic rings. The molecule has 0 aliphatic heterocycles. The highest BCUT2D eigenvalue weighted by Crippen LogP contribution is 2.27. The quantitative estimate of drug-likeness (QED) is 0.649. The van der Waals surface area contributed by atoms with Crippen LogP contribution in [0.2, 0.25) is 0 Å². The van der Waals surface area contributed by atoms with Crippen molar-refractivity contribution in [3.63, 3.8) is 0 Å². The predicted octanol–water partition coefficient (Wildman–Crippen LogP) is 2.99. The molecular formula is C16H28N4S. The van der Waals surface area contributed by atoms with E-state index in [0.717, 1.165) is 42.3 Å². The molecule has 4 nitrogen and oxygen atoms in total. The molecule has 0 amide bonds. The number of thiazole rings is 1. The Morgan fingerprint density at radius 3 is 2.71 bits per heavy atom. The molecule has 5 heteroatoms. The SMILES string of the molecule is CN=C(NCCc1csc(C)n1)NCC1CCC(C)CC1. The maximum absolute atomic E-state index is 4.48. The van der Waals surface area contributed by atoms with Crippen LogP contribution in [0.1, 0.15) is 43.3 Å². The molecule has 0 bridgehead atoms. The van der Waals surface area contributed by atoms with Crippen LogP contribution in [-0.4, -0.2) is 31.1 Å². The molecule has 1 aromatic rings. The lowest BCUT2D eigenvalue weighted by Crippen LogP contribution is -2.41. The van der Waals surface area contributed by atoms with Gasteiger partial charge in [-0.05, 0) is 31.6 Å². The first-order chi connectivity index (χ1) is 10.2. The molecule has 0 radical (unpaired) electrons. The molecule has 21 heavy (non-hydrogen) atoms. The van der Waals surface area contributed by atoms with E-state index in [-0.39, 0.29) is 0 Å². The molecule has 1 saturated carbocycles. The van der Waals surface area contributed by atoms with E-state index >= 15 is 0 Å². The molecular weight excluding hydrogens is 280 g/mol. The van der Waals surface area contributed by atoms with E-state index < -0.39 is 0 Å². The zero-order valence-corrected chi connectivity index (χ0v) is 14.3. The lowest BCUT2D eigenvalue weighted by Gasteiger charge is -2.26. The summed E-state index contributed by atoms with van der Waals surface area (Å²) in [7, 11) is 1.84. The molecule has 1 fully saturated rings. The Morgan fingerprint density at radius 1 is 1.33 bits per heavy atom. The maximum atomic E-state index is 4.48. The van der Waals surface area contributed by atoms with Crippen molar-refractivity contribution in [3.8, 4) is 0 Å². The van der Waals surface area contributed by atoms with Crippen LogP contribution >= 0.6 is 11.3 Å². The molecule has 1 aliphatic carbocycles. The minimum atomic E-state index is 0.806. The number of nitrogens with zero attached hydrogens (tertiary/aromatic N) is 2. The van der Waals surface area contributed by atoms with Gasteiger partial charge in [-0.25, -0.2) is 4.98 Å². The van der Waals surface area contributed by atoms with E-state index in [1.54, 1.807) is 11.3 Å². The Labute approximate surface area is 132 Å². The third-order valence-corrected chi connectivity index (χ3v) is 5.08. The molecule has 0 atom stereocenters. The summed E-state index contributed by atoms with van der Waals surface area (Å²) in [6.07, 6.45) is 6.40. The van der Waals surface area contributed by atoms with Gasteiger partial charge in [0.1, 0.15) is 0 Å². The van der Waals surface area contributed by atoms with Crippen molar-refractivity contribution in [3.05, 3.63) is 16.1 Å². The second-order valence-corrected chi connectivity index (χ2v) is 7.18. The molecule has 0 saturated heterocycles. The topological polar surface area (TPSA) is 49.3 Å². The van der Waals surface area contributed by atoms with Gasteiger partial charge in [0.05, 0.1) is 10.7 Å². The van der Waals surface area contributed by atoms with Gasteiger partial charge < -0.3 is 10.6 Å². The van der Waals surface area contributed by atoms with Gasteiger partial charge in [0.2, 0.25) is 0 Å². The van der Waals surface area contributed by atoms with E-state index in [9.17, 15) is 0 Å². The summed E-state index contributed by atoms with van der Waals surface area (Å²) in [5.74, 6) is 2.64. The number of nitrogens with one attached hydrogen (secondary N) is 2. The standard InChI is InChI=1S/C16H28N4S/c1-12-4-6-14(7-5-12)10-19-16(17-3)18-9-8-15-11-21-13(2)20-15/h11-12,14H,4-10H2,1-3H3,(H2,17,18,19). The van der Waals surface area contributed by atoms with E-state index in [1.807, 2.05) is 14.0 Å². The van der Waals surface area contributed by atoms with Crippen molar-refractivity contribution >= 4 is 17.3 Å². The molecule has 0 unspecified atom stereocenters. The van der Waals surface area contributed by atoms with Crippen molar-refractivity contribution in [2.45, 2.75) is 46.0 Å². The van der Waals surface area contributed by atoms with Crippen LogP contribution in [0.4, 0.5) is 0 Å². The minimum Gasteiger partial charge on any atom is -0.356 e. The van der Waals surface area contributed by atoms with Crippen molar-refractivity contribution in [2.24, 2.45) is 16.8 Å². The van der Waals surface area contributed by atoms with Gasteiger partial charge in [0.25, 0.3) is 0 Å². The van der Waals surface area contributed by atoms with E-state index in [2.05, 4.69) is 32.9 Å². The molecule has 0 spiro atoms. The maximum Gasteiger partial charge on any atom is 0.190 e. The summed E-state index contributed by atoms with van der Waals surface area (Å²) in [6.45, 7) is 6.34. The van der Waals surface area contributed by atoms with Gasteiger partial charge in [-0.15, -0.1) is 11.3 Å². The fraction of sp³-hybridized carbons (Fsp3) is 0.750. The number of hydrogen-bond acceptors (Lipinski definition) is 3. The first-order valence-electron chi connectivity index (χ1n) is 8.03. The zero-order valence-electron chi connectivity index (χ0n) is 13.5. The van der Waals surface area contributed by atoms with Crippen LogP contribution in [0.5, 0.6) is 0 Å². The van der Waals surface area contributed by atoms with Crippen LogP contribution in [0.25, 0.3) is 0 Å². The Morgan fingerprint density at radius 2 is 2.10 bits per heavy atom. The van der Waals surface area contributed by atoms with Crippen LogP contribution in [0, 0.1) is 18.8 Å². The molecule has 0 aromatic carbocycles. The summed E-state index contributed by atoms with van der Waals surface area (Å²) in [6, 6.07) is 0. The zero-order chi connectivity index (χ0) is 15.1. The fourth-order valence-electron chi connectivity index (χ4n) is 2.83. The van der Waals surface area contributed by atoms with Crippen molar-refractivity contribution < 1.29 is 0 Å². The summed E-state index contributed by atoms with van der Waals surface area (Å²) in [5.41, 5.74) is 1.17. The lowest BCUT2D eigenvalue weighted by molar-refractivity contribution is 0.289. The van der Waals surface area contributed by atoms with Gasteiger partial charge in [-0.3, -0.25) is 4.99 Å².